The molecule has 4 atom stereocenters. The summed E-state index contributed by atoms with van der Waals surface area (Å²) in [4.78, 5) is 103. The van der Waals surface area contributed by atoms with Gasteiger partial charge in [-0.2, -0.15) is 27.0 Å². The van der Waals surface area contributed by atoms with Gasteiger partial charge in [0.25, 0.3) is 11.8 Å². The molecule has 8 aromatic rings. The highest BCUT2D eigenvalue weighted by atomic mass is 35.5. The van der Waals surface area contributed by atoms with Crippen LogP contribution in [0.4, 0.5) is 21.0 Å². The number of ether oxygens (including phenoxy) is 2. The molecule has 9 N–H and O–H groups in total. The summed E-state index contributed by atoms with van der Waals surface area (Å²) < 4.78 is 11.0. The number of benzene rings is 8. The molecule has 27 heteroatoms. The second kappa shape index (κ2) is 39.6. The maximum absolute atomic E-state index is 13.7. The lowest BCUT2D eigenvalue weighted by Crippen LogP contribution is -2.51. The van der Waals surface area contributed by atoms with Gasteiger partial charge in [0.2, 0.25) is 11.1 Å². The number of halogens is 7. The summed E-state index contributed by atoms with van der Waals surface area (Å²) in [6.45, 7) is 8.15. The van der Waals surface area contributed by atoms with Crippen molar-refractivity contribution in [2.75, 3.05) is 24.1 Å². The second-order valence-electron chi connectivity index (χ2n) is 25.2. The third-order valence-electron chi connectivity index (χ3n) is 16.8. The molecule has 0 saturated heterocycles. The van der Waals surface area contributed by atoms with Gasteiger partial charge in [0.05, 0.1) is 74.2 Å². The van der Waals surface area contributed by atoms with E-state index in [0.717, 1.165) is 53.5 Å². The number of carbonyl (C=O) groups is 8. The number of nitrogen functional groups attached to an aromatic ring is 1. The first-order valence-electron chi connectivity index (χ1n) is 32.1. The van der Waals surface area contributed by atoms with Crippen LogP contribution in [0.5, 0.6) is 0 Å². The average molecular weight is 1580 g/mol. The smallest absolute Gasteiger partial charge is 0.330 e. The Morgan fingerprint density at radius 1 is 0.485 bits per heavy atom. The molecule has 0 aromatic heterocycles. The van der Waals surface area contributed by atoms with Crippen LogP contribution in [0.3, 0.4) is 0 Å². The lowest BCUT2D eigenvalue weighted by atomic mass is 9.71. The number of esters is 2. The molecule has 10 rings (SSSR count). The minimum atomic E-state index is -1.32. The summed E-state index contributed by atoms with van der Waals surface area (Å²) in [5.41, 5.74) is 13.4. The molecule has 103 heavy (non-hydrogen) atoms. The van der Waals surface area contributed by atoms with Crippen molar-refractivity contribution in [2.45, 2.75) is 114 Å². The molecule has 2 aliphatic rings. The molecule has 0 radical (unpaired) electrons. The highest BCUT2D eigenvalue weighted by Crippen LogP contribution is 2.43. The van der Waals surface area contributed by atoms with Gasteiger partial charge in [-0.05, 0) is 141 Å². The zero-order valence-corrected chi connectivity index (χ0v) is 63.8. The van der Waals surface area contributed by atoms with Crippen LogP contribution in [0.1, 0.15) is 131 Å². The van der Waals surface area contributed by atoms with Crippen molar-refractivity contribution in [3.63, 3.8) is 0 Å². The minimum Gasteiger partial charge on any atom is -0.459 e. The minimum absolute atomic E-state index is 0. The summed E-state index contributed by atoms with van der Waals surface area (Å²) in [5, 5.41) is 20.0. The Hall–Kier alpha value is -8.15. The average Bonchev–Trinajstić information content (AvgIpc) is 1.60. The van der Waals surface area contributed by atoms with E-state index in [4.69, 9.17) is 96.4 Å². The number of amides is 7. The molecule has 0 heterocycles. The third-order valence-corrected chi connectivity index (χ3v) is 18.9. The van der Waals surface area contributed by atoms with Crippen molar-refractivity contribution in [3.8, 4) is 0 Å². The first kappa shape index (κ1) is 83.8. The van der Waals surface area contributed by atoms with Gasteiger partial charge in [-0.3, -0.25) is 19.2 Å². The number of anilines is 2. The summed E-state index contributed by atoms with van der Waals surface area (Å²) in [6, 6.07) is 50.0. The fourth-order valence-electron chi connectivity index (χ4n) is 11.5. The Balaban J connectivity index is 0.000000281. The summed E-state index contributed by atoms with van der Waals surface area (Å²) in [7, 11) is 0. The first-order valence-corrected chi connectivity index (χ1v) is 34.8. The Kier molecular flexibility index (Phi) is 32.3. The molecule has 8 aromatic carbocycles. The first-order chi connectivity index (χ1) is 48.2. The molecule has 2 aliphatic carbocycles. The Bertz CT molecular complexity index is 4310. The van der Waals surface area contributed by atoms with Gasteiger partial charge in [0, 0.05) is 16.5 Å². The summed E-state index contributed by atoms with van der Waals surface area (Å²) in [6.07, 6.45) is 3.53. The van der Waals surface area contributed by atoms with Crippen LogP contribution in [0.15, 0.2) is 182 Å². The van der Waals surface area contributed by atoms with Crippen LogP contribution >= 0.6 is 108 Å². The second-order valence-corrected chi connectivity index (χ2v) is 28.1. The number of rotatable bonds is 21. The number of carbonyl (C=O) groups excluding carboxylic acids is 8. The largest absolute Gasteiger partial charge is 0.459 e. The fourth-order valence-corrected chi connectivity index (χ4v) is 13.2. The van der Waals surface area contributed by atoms with Crippen molar-refractivity contribution >= 4 is 167 Å². The normalized spacial score (nSPS) is 14.7. The highest BCUT2D eigenvalue weighted by Gasteiger charge is 2.36. The topological polar surface area (TPSA) is 265 Å². The van der Waals surface area contributed by atoms with E-state index >= 15 is 0 Å². The molecule has 0 spiro atoms. The van der Waals surface area contributed by atoms with E-state index in [1.54, 1.807) is 54.6 Å². The summed E-state index contributed by atoms with van der Waals surface area (Å²) in [5.74, 6) is -3.46. The van der Waals surface area contributed by atoms with Crippen LogP contribution in [0.25, 0.3) is 0 Å². The van der Waals surface area contributed by atoms with Crippen molar-refractivity contribution in [1.29, 1.82) is 0 Å². The molecule has 0 aliphatic heterocycles. The van der Waals surface area contributed by atoms with Crippen LogP contribution in [-0.2, 0) is 65.5 Å². The molecule has 0 bridgehead atoms. The maximum Gasteiger partial charge on any atom is 0.330 e. The van der Waals surface area contributed by atoms with Gasteiger partial charge < -0.3 is 52.4 Å². The zero-order chi connectivity index (χ0) is 73.0. The lowest BCUT2D eigenvalue weighted by Gasteiger charge is -2.37. The monoisotopic (exact) mass is 1570 g/mol. The van der Waals surface area contributed by atoms with E-state index in [0.29, 0.717) is 15.6 Å². The molecular formula is C76H79Cl7N8O10S2. The van der Waals surface area contributed by atoms with E-state index in [2.05, 4.69) is 77.0 Å². The van der Waals surface area contributed by atoms with Gasteiger partial charge in [0.15, 0.2) is 0 Å². The van der Waals surface area contributed by atoms with Crippen LogP contribution in [-0.4, -0.2) is 72.1 Å². The molecule has 0 fully saturated rings. The highest BCUT2D eigenvalue weighted by molar-refractivity contribution is 7.59. The van der Waals surface area contributed by atoms with E-state index in [1.807, 2.05) is 91.0 Å². The van der Waals surface area contributed by atoms with Crippen LogP contribution in [0.2, 0.25) is 30.1 Å². The number of urea groups is 2. The van der Waals surface area contributed by atoms with E-state index in [1.165, 1.54) is 35.4 Å². The van der Waals surface area contributed by atoms with Gasteiger partial charge in [-0.15, -0.1) is 0 Å². The molecule has 0 saturated carbocycles. The lowest BCUT2D eigenvalue weighted by molar-refractivity contribution is -0.147. The zero-order valence-electron chi connectivity index (χ0n) is 56.5. The van der Waals surface area contributed by atoms with Crippen molar-refractivity contribution in [2.24, 2.45) is 0 Å². The van der Waals surface area contributed by atoms with Crippen molar-refractivity contribution in [1.82, 2.24) is 31.9 Å². The van der Waals surface area contributed by atoms with Gasteiger partial charge in [0.1, 0.15) is 25.3 Å². The predicted octanol–water partition coefficient (Wildman–Crippen LogP) is 16.2. The molecule has 18 nitrogen and oxygen atoms in total. The summed E-state index contributed by atoms with van der Waals surface area (Å²) >= 11 is 42.3. The Morgan fingerprint density at radius 2 is 0.883 bits per heavy atom. The maximum atomic E-state index is 13.7. The quantitative estimate of drug-likeness (QED) is 0.0190. The van der Waals surface area contributed by atoms with Crippen molar-refractivity contribution in [3.05, 3.63) is 268 Å². The number of hydrogen-bond acceptors (Lipinski definition) is 11. The standard InChI is InChI=1S/C38H37Cl3N4O5.C30H32Cl2N4O4.C8H6Cl2O.2H2S/c1-38(2)18-17-29(26-13-6-7-14-27(26)38)45-37(49)42-21-31(36(48)50-22-23-9-4-3-5-10-23)44-35(47)33-28(40)15-16-30(34(33)41)43-32(46)20-24-11-8-12-25(39)19-24;1-30(2)15-14-23(19-10-6-7-11-20(19)30)36-29(39)34-16-24(28(38)40-17-18-8-4-3-5-9-18)35-27(37)25-21(31)12-13-22(33)26(25)32;9-7-3-1-2-6(4-7)5-8(10)11;;/h3-16,19,29,31H,17-18,20-22H2,1-2H3,(H,43,46)(H,44,47)(H2,42,45,49);3-13,23-24H,14-17,33H2,1-2H3,(H,35,37)(H2,34,36,39);1-4H,5H2;2*1H2/t29?,31-;23?,24-;;;/m00.../s1. The molecule has 2 unspecified atom stereocenters. The van der Waals surface area contributed by atoms with E-state index in [-0.39, 0.29) is 137 Å². The SMILES string of the molecule is CC1(C)CCC(NC(=O)NC[C@H](NC(=O)c2c(Cl)ccc(N)c2Cl)C(=O)OCc2ccccc2)c2ccccc21.CC1(C)CCC(NC(=O)NC[C@H](NC(=O)c2c(Cl)ccc(NC(=O)Cc3cccc(Cl)c3)c2Cl)C(=O)OCc2ccccc2)c2ccccc21.O=C(Cl)Cc1cccc(Cl)c1.S.S. The van der Waals surface area contributed by atoms with Crippen LogP contribution < -0.4 is 43.0 Å². The Morgan fingerprint density at radius 3 is 1.32 bits per heavy atom. The number of hydrogen-bond donors (Lipinski definition) is 8. The fraction of sp³-hybridized carbons (Fsp3) is 0.263. The van der Waals surface area contributed by atoms with E-state index < -0.39 is 53.8 Å². The molecular weight excluding hydrogens is 1500 g/mol. The van der Waals surface area contributed by atoms with Gasteiger partial charge in [-0.25, -0.2) is 19.2 Å². The number of nitrogens with one attached hydrogen (secondary N) is 7. The van der Waals surface area contributed by atoms with Gasteiger partial charge >= 0.3 is 24.0 Å². The number of fused-ring (bicyclic) bond motifs is 2. The van der Waals surface area contributed by atoms with Crippen molar-refractivity contribution < 1.29 is 47.8 Å². The number of nitrogens with two attached hydrogens (primary N) is 1. The molecule has 544 valence electrons. The van der Waals surface area contributed by atoms with Crippen LogP contribution in [0, 0.1) is 0 Å². The predicted molar refractivity (Wildman–Crippen MR) is 419 cm³/mol. The van der Waals surface area contributed by atoms with E-state index in [9.17, 15) is 38.4 Å². The molecule has 7 amide bonds. The Labute approximate surface area is 647 Å². The third kappa shape index (κ3) is 24.5. The van der Waals surface area contributed by atoms with Gasteiger partial charge in [-0.1, -0.05) is 231 Å².